The van der Waals surface area contributed by atoms with Gasteiger partial charge < -0.3 is 20.8 Å². The third kappa shape index (κ3) is 5.71. The highest BCUT2D eigenvalue weighted by molar-refractivity contribution is 7.17. The van der Waals surface area contributed by atoms with E-state index in [0.29, 0.717) is 11.1 Å². The number of carboxylic acids is 2. The van der Waals surface area contributed by atoms with Gasteiger partial charge in [0.2, 0.25) is 11.8 Å². The molecule has 2 aromatic rings. The van der Waals surface area contributed by atoms with Gasteiger partial charge in [-0.15, -0.1) is 22.7 Å². The summed E-state index contributed by atoms with van der Waals surface area (Å²) in [4.78, 5) is 49.7. The van der Waals surface area contributed by atoms with Crippen LogP contribution in [0.5, 0.6) is 0 Å². The lowest BCUT2D eigenvalue weighted by Gasteiger charge is -2.23. The molecule has 2 rings (SSSR count). The second-order valence-corrected chi connectivity index (χ2v) is 10.6. The number of carboxylic acid groups (broad SMARTS) is 2. The Morgan fingerprint density at radius 3 is 1.35 bits per heavy atom. The van der Waals surface area contributed by atoms with Crippen molar-refractivity contribution in [3.8, 4) is 0 Å². The van der Waals surface area contributed by atoms with Crippen molar-refractivity contribution in [2.75, 3.05) is 10.6 Å². The molecule has 2 heterocycles. The largest absolute Gasteiger partial charge is 0.478 e. The highest BCUT2D eigenvalue weighted by Gasteiger charge is 2.29. The maximum Gasteiger partial charge on any atom is 0.338 e. The molecule has 31 heavy (non-hydrogen) atoms. The Labute approximate surface area is 188 Å². The first-order valence-electron chi connectivity index (χ1n) is 9.49. The van der Waals surface area contributed by atoms with Crippen molar-refractivity contribution in [3.63, 3.8) is 0 Å². The molecule has 0 saturated carbocycles. The van der Waals surface area contributed by atoms with Crippen LogP contribution in [0, 0.1) is 33.1 Å². The highest BCUT2D eigenvalue weighted by atomic mass is 32.1. The number of carbonyl (C=O) groups excluding carboxylic acids is 2. The average molecular weight is 467 g/mol. The number of amides is 2. The van der Waals surface area contributed by atoms with Gasteiger partial charge in [0.15, 0.2) is 0 Å². The van der Waals surface area contributed by atoms with Crippen LogP contribution in [0.1, 0.15) is 68.3 Å². The first-order valence-corrected chi connectivity index (χ1v) is 11.1. The SMILES string of the molecule is Cc1sc(NC(=O)CC(C)(C)CC(=O)Nc2sc(C)c(C)c2C(=O)O)c(C(=O)O)c1C. The Bertz CT molecular complexity index is 982. The van der Waals surface area contributed by atoms with Gasteiger partial charge >= 0.3 is 11.9 Å². The minimum absolute atomic E-state index is 0.0102. The van der Waals surface area contributed by atoms with Gasteiger partial charge in [-0.2, -0.15) is 0 Å². The zero-order valence-electron chi connectivity index (χ0n) is 18.3. The van der Waals surface area contributed by atoms with Gasteiger partial charge in [-0.25, -0.2) is 9.59 Å². The molecule has 10 heteroatoms. The zero-order chi connectivity index (χ0) is 23.7. The first-order chi connectivity index (χ1) is 14.2. The van der Waals surface area contributed by atoms with Crippen LogP contribution in [0.25, 0.3) is 0 Å². The van der Waals surface area contributed by atoms with E-state index in [1.165, 1.54) is 22.7 Å². The van der Waals surface area contributed by atoms with E-state index in [0.717, 1.165) is 9.75 Å². The predicted molar refractivity (Wildman–Crippen MR) is 122 cm³/mol. The number of nitrogens with one attached hydrogen (secondary N) is 2. The van der Waals surface area contributed by atoms with Gasteiger partial charge in [0.05, 0.1) is 11.1 Å². The highest BCUT2D eigenvalue weighted by Crippen LogP contribution is 2.35. The second-order valence-electron chi connectivity index (χ2n) is 8.20. The van der Waals surface area contributed by atoms with Crippen LogP contribution >= 0.6 is 22.7 Å². The monoisotopic (exact) mass is 466 g/mol. The number of aryl methyl sites for hydroxylation is 2. The molecule has 0 aliphatic carbocycles. The molecule has 2 aromatic heterocycles. The van der Waals surface area contributed by atoms with Crippen molar-refractivity contribution >= 4 is 56.4 Å². The zero-order valence-corrected chi connectivity index (χ0v) is 19.9. The van der Waals surface area contributed by atoms with E-state index in [4.69, 9.17) is 0 Å². The lowest BCUT2D eigenvalue weighted by molar-refractivity contribution is -0.120. The molecule has 0 radical (unpaired) electrons. The lowest BCUT2D eigenvalue weighted by Crippen LogP contribution is -2.27. The van der Waals surface area contributed by atoms with Gasteiger partial charge in [-0.05, 0) is 44.2 Å². The summed E-state index contributed by atoms with van der Waals surface area (Å²) < 4.78 is 0. The van der Waals surface area contributed by atoms with Crippen LogP contribution in [0.15, 0.2) is 0 Å². The van der Waals surface area contributed by atoms with Gasteiger partial charge in [-0.3, -0.25) is 9.59 Å². The van der Waals surface area contributed by atoms with Crippen LogP contribution in [0.2, 0.25) is 0 Å². The molecule has 168 valence electrons. The molecule has 0 aromatic carbocycles. The maximum atomic E-state index is 12.5. The molecular weight excluding hydrogens is 440 g/mol. The van der Waals surface area contributed by atoms with E-state index in [-0.39, 0.29) is 34.0 Å². The van der Waals surface area contributed by atoms with Crippen LogP contribution in [0.4, 0.5) is 10.0 Å². The Balaban J connectivity index is 2.07. The van der Waals surface area contributed by atoms with Crippen molar-refractivity contribution in [1.82, 2.24) is 0 Å². The number of rotatable bonds is 8. The molecule has 0 aliphatic rings. The first kappa shape index (κ1) is 24.5. The fourth-order valence-electron chi connectivity index (χ4n) is 3.22. The van der Waals surface area contributed by atoms with E-state index < -0.39 is 29.2 Å². The van der Waals surface area contributed by atoms with Crippen LogP contribution < -0.4 is 10.6 Å². The molecule has 0 fully saturated rings. The molecule has 0 saturated heterocycles. The van der Waals surface area contributed by atoms with E-state index in [1.54, 1.807) is 41.5 Å². The number of anilines is 2. The van der Waals surface area contributed by atoms with Gasteiger partial charge in [0.25, 0.3) is 0 Å². The molecule has 8 nitrogen and oxygen atoms in total. The standard InChI is InChI=1S/C21H26N2O6S2/c1-9-11(3)30-17(15(9)19(26)27)22-13(24)7-21(5,6)8-14(25)23-18-16(20(28)29)10(2)12(4)31-18/h7-8H2,1-6H3,(H,22,24)(H,23,25)(H,26,27)(H,28,29). The van der Waals surface area contributed by atoms with E-state index in [1.807, 2.05) is 0 Å². The van der Waals surface area contributed by atoms with Gasteiger partial charge in [-0.1, -0.05) is 13.8 Å². The second kappa shape index (κ2) is 9.19. The molecule has 0 atom stereocenters. The van der Waals surface area contributed by atoms with Crippen LogP contribution in [0.3, 0.4) is 0 Å². The van der Waals surface area contributed by atoms with Crippen molar-refractivity contribution < 1.29 is 29.4 Å². The molecular formula is C21H26N2O6S2. The maximum absolute atomic E-state index is 12.5. The van der Waals surface area contributed by atoms with Gasteiger partial charge in [0.1, 0.15) is 10.0 Å². The summed E-state index contributed by atoms with van der Waals surface area (Å²) in [6.07, 6.45) is -0.0203. The summed E-state index contributed by atoms with van der Waals surface area (Å²) >= 11 is 2.40. The van der Waals surface area contributed by atoms with E-state index in [2.05, 4.69) is 10.6 Å². The molecule has 0 unspecified atom stereocenters. The third-order valence-electron chi connectivity index (χ3n) is 4.98. The molecule has 0 spiro atoms. The average Bonchev–Trinajstić information content (AvgIpc) is 3.01. The summed E-state index contributed by atoms with van der Waals surface area (Å²) in [5, 5.41) is 24.7. The number of hydrogen-bond acceptors (Lipinski definition) is 6. The Kier molecular flexibility index (Phi) is 7.28. The smallest absolute Gasteiger partial charge is 0.338 e. The van der Waals surface area contributed by atoms with Gasteiger partial charge in [0, 0.05) is 22.6 Å². The quantitative estimate of drug-likeness (QED) is 0.441. The van der Waals surface area contributed by atoms with Crippen LogP contribution in [-0.4, -0.2) is 34.0 Å². The number of aromatic carboxylic acids is 2. The van der Waals surface area contributed by atoms with Crippen molar-refractivity contribution in [3.05, 3.63) is 32.0 Å². The number of carbonyl (C=O) groups is 4. The van der Waals surface area contributed by atoms with Crippen molar-refractivity contribution in [2.24, 2.45) is 5.41 Å². The normalized spacial score (nSPS) is 11.3. The van der Waals surface area contributed by atoms with Crippen molar-refractivity contribution in [2.45, 2.75) is 54.4 Å². The van der Waals surface area contributed by atoms with E-state index in [9.17, 15) is 29.4 Å². The minimum Gasteiger partial charge on any atom is -0.478 e. The molecule has 0 aliphatic heterocycles. The summed E-state index contributed by atoms with van der Waals surface area (Å²) in [5.41, 5.74) is 0.653. The molecule has 2 amide bonds. The fraction of sp³-hybridized carbons (Fsp3) is 0.429. The summed E-state index contributed by atoms with van der Waals surface area (Å²) in [6.45, 7) is 10.5. The number of hydrogen-bond donors (Lipinski definition) is 4. The summed E-state index contributed by atoms with van der Waals surface area (Å²) in [5.74, 6) is -3.00. The summed E-state index contributed by atoms with van der Waals surface area (Å²) in [6, 6.07) is 0. The lowest BCUT2D eigenvalue weighted by atomic mass is 9.85. The number of thiophene rings is 2. The minimum atomic E-state index is -1.11. The fourth-order valence-corrected chi connectivity index (χ4v) is 5.36. The summed E-state index contributed by atoms with van der Waals surface area (Å²) in [7, 11) is 0. The van der Waals surface area contributed by atoms with E-state index >= 15 is 0 Å². The topological polar surface area (TPSA) is 133 Å². The Morgan fingerprint density at radius 2 is 1.06 bits per heavy atom. The molecule has 0 bridgehead atoms. The third-order valence-corrected chi connectivity index (χ3v) is 7.23. The Hall–Kier alpha value is -2.72. The van der Waals surface area contributed by atoms with Crippen molar-refractivity contribution in [1.29, 1.82) is 0 Å². The van der Waals surface area contributed by atoms with Crippen LogP contribution in [-0.2, 0) is 9.59 Å². The Morgan fingerprint density at radius 1 is 0.742 bits per heavy atom. The molecule has 4 N–H and O–H groups in total. The predicted octanol–water partition coefficient (Wildman–Crippen LogP) is 4.82.